The molecule has 0 spiro atoms. The lowest BCUT2D eigenvalue weighted by molar-refractivity contribution is -0.119. The second kappa shape index (κ2) is 8.40. The number of benzene rings is 1. The van der Waals surface area contributed by atoms with Gasteiger partial charge in [-0.05, 0) is 37.3 Å². The molecule has 1 atom stereocenters. The Labute approximate surface area is 117 Å². The third kappa shape index (κ3) is 5.29. The largest absolute Gasteiger partial charge is 0.349 e. The Hall–Kier alpha value is -0.710. The molecule has 1 unspecified atom stereocenters. The average Bonchev–Trinajstić information content (AvgIpc) is 2.35. The highest BCUT2D eigenvalue weighted by molar-refractivity contribution is 7.99. The summed E-state index contributed by atoms with van der Waals surface area (Å²) in [5, 5.41) is 3.62. The fraction of sp³-hybridized carbons (Fsp3) is 0.462. The minimum Gasteiger partial charge on any atom is -0.349 e. The normalized spacial score (nSPS) is 12.2. The molecule has 5 heteroatoms. The van der Waals surface area contributed by atoms with Crippen LogP contribution in [0.5, 0.6) is 0 Å². The second-order valence-electron chi connectivity index (χ2n) is 4.01. The van der Waals surface area contributed by atoms with E-state index < -0.39 is 0 Å². The molecule has 0 radical (unpaired) electrons. The van der Waals surface area contributed by atoms with Crippen LogP contribution in [0, 0.1) is 0 Å². The number of nitrogens with two attached hydrogens (primary N) is 1. The van der Waals surface area contributed by atoms with Gasteiger partial charge < -0.3 is 11.1 Å². The van der Waals surface area contributed by atoms with Gasteiger partial charge in [-0.1, -0.05) is 29.8 Å². The summed E-state index contributed by atoms with van der Waals surface area (Å²) in [5.74, 6) is 1.42. The van der Waals surface area contributed by atoms with Crippen LogP contribution in [0.15, 0.2) is 24.3 Å². The average molecular weight is 287 g/mol. The highest BCUT2D eigenvalue weighted by Crippen LogP contribution is 2.22. The number of nitrogens with one attached hydrogen (secondary N) is 1. The first-order valence-corrected chi connectivity index (χ1v) is 7.50. The molecule has 0 fully saturated rings. The number of amides is 1. The Kier molecular flexibility index (Phi) is 7.16. The van der Waals surface area contributed by atoms with Crippen molar-refractivity contribution in [3.8, 4) is 0 Å². The van der Waals surface area contributed by atoms with E-state index in [1.807, 2.05) is 31.2 Å². The van der Waals surface area contributed by atoms with E-state index in [1.54, 1.807) is 11.8 Å². The quantitative estimate of drug-likeness (QED) is 0.758. The maximum absolute atomic E-state index is 11.7. The molecular weight excluding hydrogens is 268 g/mol. The SMILES string of the molecule is CC(NC(=O)CSCCCN)c1ccccc1Cl. The van der Waals surface area contributed by atoms with Crippen molar-refractivity contribution in [2.75, 3.05) is 18.1 Å². The summed E-state index contributed by atoms with van der Waals surface area (Å²) in [7, 11) is 0. The van der Waals surface area contributed by atoms with Crippen molar-refractivity contribution >= 4 is 29.3 Å². The van der Waals surface area contributed by atoms with Crippen LogP contribution in [0.3, 0.4) is 0 Å². The highest BCUT2D eigenvalue weighted by Gasteiger charge is 2.11. The molecule has 1 rings (SSSR count). The molecule has 0 aliphatic carbocycles. The molecule has 0 aliphatic rings. The molecule has 1 aromatic rings. The van der Waals surface area contributed by atoms with Gasteiger partial charge in [0.25, 0.3) is 0 Å². The van der Waals surface area contributed by atoms with Gasteiger partial charge >= 0.3 is 0 Å². The van der Waals surface area contributed by atoms with E-state index in [0.29, 0.717) is 17.3 Å². The van der Waals surface area contributed by atoms with Gasteiger partial charge in [-0.2, -0.15) is 11.8 Å². The molecule has 0 heterocycles. The van der Waals surface area contributed by atoms with E-state index in [9.17, 15) is 4.79 Å². The smallest absolute Gasteiger partial charge is 0.230 e. The van der Waals surface area contributed by atoms with Crippen molar-refractivity contribution in [1.82, 2.24) is 5.32 Å². The van der Waals surface area contributed by atoms with E-state index in [-0.39, 0.29) is 11.9 Å². The summed E-state index contributed by atoms with van der Waals surface area (Å²) in [6.07, 6.45) is 0.942. The zero-order chi connectivity index (χ0) is 13.4. The molecule has 3 nitrogen and oxygen atoms in total. The Morgan fingerprint density at radius 3 is 2.89 bits per heavy atom. The Morgan fingerprint density at radius 1 is 1.50 bits per heavy atom. The molecule has 3 N–H and O–H groups in total. The third-order valence-corrected chi connectivity index (χ3v) is 3.86. The lowest BCUT2D eigenvalue weighted by atomic mass is 10.1. The standard InChI is InChI=1S/C13H19ClN2OS/c1-10(11-5-2-3-6-12(11)14)16-13(17)9-18-8-4-7-15/h2-3,5-6,10H,4,7-9,15H2,1H3,(H,16,17). The van der Waals surface area contributed by atoms with Gasteiger partial charge in [0.2, 0.25) is 5.91 Å². The summed E-state index contributed by atoms with van der Waals surface area (Å²) in [5.41, 5.74) is 6.33. The van der Waals surface area contributed by atoms with E-state index in [4.69, 9.17) is 17.3 Å². The van der Waals surface area contributed by atoms with Crippen molar-refractivity contribution in [3.63, 3.8) is 0 Å². The van der Waals surface area contributed by atoms with Gasteiger partial charge in [0.05, 0.1) is 11.8 Å². The lowest BCUT2D eigenvalue weighted by Gasteiger charge is -2.15. The highest BCUT2D eigenvalue weighted by atomic mass is 35.5. The summed E-state index contributed by atoms with van der Waals surface area (Å²) in [6.45, 7) is 2.61. The van der Waals surface area contributed by atoms with Gasteiger partial charge in [-0.25, -0.2) is 0 Å². The number of carbonyl (C=O) groups excluding carboxylic acids is 1. The number of halogens is 1. The number of carbonyl (C=O) groups is 1. The van der Waals surface area contributed by atoms with Crippen LogP contribution >= 0.6 is 23.4 Å². The number of hydrogen-bond donors (Lipinski definition) is 2. The molecule has 0 bridgehead atoms. The van der Waals surface area contributed by atoms with Gasteiger partial charge in [-0.3, -0.25) is 4.79 Å². The van der Waals surface area contributed by atoms with Crippen molar-refractivity contribution in [2.24, 2.45) is 5.73 Å². The van der Waals surface area contributed by atoms with Gasteiger partial charge in [0.15, 0.2) is 0 Å². The van der Waals surface area contributed by atoms with Crippen LogP contribution in [0.1, 0.15) is 24.9 Å². The molecule has 100 valence electrons. The summed E-state index contributed by atoms with van der Waals surface area (Å²) in [6, 6.07) is 7.48. The molecular formula is C13H19ClN2OS. The Morgan fingerprint density at radius 2 is 2.22 bits per heavy atom. The van der Waals surface area contributed by atoms with Crippen molar-refractivity contribution in [1.29, 1.82) is 0 Å². The van der Waals surface area contributed by atoms with Crippen LogP contribution in [0.2, 0.25) is 5.02 Å². The van der Waals surface area contributed by atoms with Crippen LogP contribution in [-0.2, 0) is 4.79 Å². The van der Waals surface area contributed by atoms with Crippen LogP contribution in [-0.4, -0.2) is 24.0 Å². The minimum absolute atomic E-state index is 0.0319. The predicted molar refractivity (Wildman–Crippen MR) is 79.0 cm³/mol. The first-order valence-electron chi connectivity index (χ1n) is 5.96. The second-order valence-corrected chi connectivity index (χ2v) is 5.52. The van der Waals surface area contributed by atoms with E-state index >= 15 is 0 Å². The maximum Gasteiger partial charge on any atom is 0.230 e. The van der Waals surface area contributed by atoms with Gasteiger partial charge in [0, 0.05) is 5.02 Å². The van der Waals surface area contributed by atoms with E-state index in [0.717, 1.165) is 17.7 Å². The molecule has 0 aromatic heterocycles. The molecule has 0 saturated carbocycles. The molecule has 18 heavy (non-hydrogen) atoms. The van der Waals surface area contributed by atoms with E-state index in [2.05, 4.69) is 5.32 Å². The first kappa shape index (κ1) is 15.3. The monoisotopic (exact) mass is 286 g/mol. The zero-order valence-corrected chi connectivity index (χ0v) is 12.1. The van der Waals surface area contributed by atoms with E-state index in [1.165, 1.54) is 0 Å². The van der Waals surface area contributed by atoms with Gasteiger partial charge in [-0.15, -0.1) is 0 Å². The summed E-state index contributed by atoms with van der Waals surface area (Å²) < 4.78 is 0. The molecule has 1 amide bonds. The zero-order valence-electron chi connectivity index (χ0n) is 10.5. The Bertz CT molecular complexity index is 387. The minimum atomic E-state index is -0.0682. The van der Waals surface area contributed by atoms with Crippen molar-refractivity contribution in [3.05, 3.63) is 34.9 Å². The van der Waals surface area contributed by atoms with Crippen LogP contribution < -0.4 is 11.1 Å². The summed E-state index contributed by atoms with van der Waals surface area (Å²) >= 11 is 7.68. The molecule has 0 saturated heterocycles. The molecule has 1 aromatic carbocycles. The van der Waals surface area contributed by atoms with Crippen molar-refractivity contribution in [2.45, 2.75) is 19.4 Å². The number of thioether (sulfide) groups is 1. The predicted octanol–water partition coefficient (Wildman–Crippen LogP) is 2.60. The molecule has 0 aliphatic heterocycles. The lowest BCUT2D eigenvalue weighted by Crippen LogP contribution is -2.28. The van der Waals surface area contributed by atoms with Crippen molar-refractivity contribution < 1.29 is 4.79 Å². The third-order valence-electron chi connectivity index (χ3n) is 2.48. The number of hydrogen-bond acceptors (Lipinski definition) is 3. The number of rotatable bonds is 7. The Balaban J connectivity index is 2.38. The van der Waals surface area contributed by atoms with Crippen LogP contribution in [0.4, 0.5) is 0 Å². The fourth-order valence-electron chi connectivity index (χ4n) is 1.54. The summed E-state index contributed by atoms with van der Waals surface area (Å²) in [4.78, 5) is 11.7. The fourth-order valence-corrected chi connectivity index (χ4v) is 2.62. The maximum atomic E-state index is 11.7. The van der Waals surface area contributed by atoms with Gasteiger partial charge in [0.1, 0.15) is 0 Å². The topological polar surface area (TPSA) is 55.1 Å². The van der Waals surface area contributed by atoms with Crippen LogP contribution in [0.25, 0.3) is 0 Å². The first-order chi connectivity index (χ1) is 8.65.